The van der Waals surface area contributed by atoms with Crippen LogP contribution < -0.4 is 0 Å². The number of aryl methyl sites for hydroxylation is 1. The summed E-state index contributed by atoms with van der Waals surface area (Å²) in [7, 11) is 0. The van der Waals surface area contributed by atoms with Crippen LogP contribution in [-0.2, 0) is 0 Å². The lowest BCUT2D eigenvalue weighted by molar-refractivity contribution is 0.619. The molecule has 0 unspecified atom stereocenters. The molecule has 3 aromatic rings. The molecule has 0 spiro atoms. The van der Waals surface area contributed by atoms with Gasteiger partial charge in [0.05, 0.1) is 15.6 Å². The summed E-state index contributed by atoms with van der Waals surface area (Å²) in [5.41, 5.74) is 3.29. The summed E-state index contributed by atoms with van der Waals surface area (Å²) < 4.78 is 5.72. The summed E-state index contributed by atoms with van der Waals surface area (Å²) in [4.78, 5) is 4.41. The van der Waals surface area contributed by atoms with Crippen molar-refractivity contribution >= 4 is 34.3 Å². The standard InChI is InChI=1S/C14H9Cl2NO/c1-8-5-6-11-12(7-8)18-14(17-11)13-9(15)3-2-4-10(13)16/h2-7H,1H3. The van der Waals surface area contributed by atoms with E-state index in [0.717, 1.165) is 16.7 Å². The lowest BCUT2D eigenvalue weighted by Gasteiger charge is -2.01. The number of oxazole rings is 1. The largest absolute Gasteiger partial charge is 0.436 e. The van der Waals surface area contributed by atoms with Gasteiger partial charge in [-0.2, -0.15) is 0 Å². The molecule has 0 aliphatic heterocycles. The molecule has 1 aromatic heterocycles. The van der Waals surface area contributed by atoms with Crippen LogP contribution in [0.25, 0.3) is 22.6 Å². The van der Waals surface area contributed by atoms with Crippen molar-refractivity contribution in [2.75, 3.05) is 0 Å². The van der Waals surface area contributed by atoms with Crippen molar-refractivity contribution in [1.82, 2.24) is 4.98 Å². The first-order valence-electron chi connectivity index (χ1n) is 5.47. The Morgan fingerprint density at radius 2 is 1.78 bits per heavy atom. The van der Waals surface area contributed by atoms with Crippen molar-refractivity contribution in [2.45, 2.75) is 6.92 Å². The monoisotopic (exact) mass is 277 g/mol. The Kier molecular flexibility index (Phi) is 2.77. The SMILES string of the molecule is Cc1ccc2nc(-c3c(Cl)cccc3Cl)oc2c1. The number of hydrogen-bond acceptors (Lipinski definition) is 2. The molecule has 18 heavy (non-hydrogen) atoms. The van der Waals surface area contributed by atoms with E-state index >= 15 is 0 Å². The summed E-state index contributed by atoms with van der Waals surface area (Å²) in [5, 5.41) is 1.07. The van der Waals surface area contributed by atoms with E-state index in [1.165, 1.54) is 0 Å². The minimum absolute atomic E-state index is 0.450. The van der Waals surface area contributed by atoms with Gasteiger partial charge < -0.3 is 4.42 Å². The van der Waals surface area contributed by atoms with Crippen molar-refractivity contribution < 1.29 is 4.42 Å². The molecule has 2 nitrogen and oxygen atoms in total. The van der Waals surface area contributed by atoms with Crippen molar-refractivity contribution in [2.24, 2.45) is 0 Å². The van der Waals surface area contributed by atoms with E-state index in [0.29, 0.717) is 21.5 Å². The Bertz CT molecular complexity index is 713. The molecule has 0 N–H and O–H groups in total. The van der Waals surface area contributed by atoms with Crippen LogP contribution in [-0.4, -0.2) is 4.98 Å². The second-order valence-electron chi connectivity index (χ2n) is 4.09. The van der Waals surface area contributed by atoms with Gasteiger partial charge in [-0.25, -0.2) is 4.98 Å². The molecule has 0 saturated carbocycles. The van der Waals surface area contributed by atoms with Gasteiger partial charge in [-0.1, -0.05) is 35.3 Å². The van der Waals surface area contributed by atoms with Gasteiger partial charge in [0.1, 0.15) is 5.52 Å². The molecule has 0 radical (unpaired) electrons. The molecule has 0 atom stereocenters. The maximum Gasteiger partial charge on any atom is 0.230 e. The maximum atomic E-state index is 6.14. The molecule has 1 heterocycles. The van der Waals surface area contributed by atoms with Crippen LogP contribution in [0.3, 0.4) is 0 Å². The van der Waals surface area contributed by atoms with E-state index < -0.39 is 0 Å². The van der Waals surface area contributed by atoms with Crippen LogP contribution in [0, 0.1) is 6.92 Å². The van der Waals surface area contributed by atoms with Crippen LogP contribution in [0.1, 0.15) is 5.56 Å². The van der Waals surface area contributed by atoms with E-state index in [4.69, 9.17) is 27.6 Å². The van der Waals surface area contributed by atoms with Crippen molar-refractivity contribution in [3.05, 3.63) is 52.0 Å². The zero-order valence-electron chi connectivity index (χ0n) is 9.58. The van der Waals surface area contributed by atoms with Gasteiger partial charge in [-0.3, -0.25) is 0 Å². The molecule has 2 aromatic carbocycles. The molecule has 0 aliphatic rings. The number of hydrogen-bond donors (Lipinski definition) is 0. The Labute approximate surface area is 114 Å². The third-order valence-corrected chi connectivity index (χ3v) is 3.35. The number of rotatable bonds is 1. The smallest absolute Gasteiger partial charge is 0.230 e. The molecule has 0 saturated heterocycles. The van der Waals surface area contributed by atoms with Crippen LogP contribution >= 0.6 is 23.2 Å². The molecule has 4 heteroatoms. The van der Waals surface area contributed by atoms with E-state index in [1.54, 1.807) is 18.2 Å². The first-order chi connectivity index (χ1) is 8.65. The fourth-order valence-corrected chi connectivity index (χ4v) is 2.40. The van der Waals surface area contributed by atoms with E-state index in [9.17, 15) is 0 Å². The predicted molar refractivity (Wildman–Crippen MR) is 74.2 cm³/mol. The first-order valence-corrected chi connectivity index (χ1v) is 6.22. The minimum Gasteiger partial charge on any atom is -0.436 e. The van der Waals surface area contributed by atoms with Crippen LogP contribution in [0.4, 0.5) is 0 Å². The van der Waals surface area contributed by atoms with E-state index in [-0.39, 0.29) is 0 Å². The summed E-state index contributed by atoms with van der Waals surface area (Å²) in [6.45, 7) is 2.00. The summed E-state index contributed by atoms with van der Waals surface area (Å²) >= 11 is 12.3. The quantitative estimate of drug-likeness (QED) is 0.618. The maximum absolute atomic E-state index is 6.14. The van der Waals surface area contributed by atoms with Gasteiger partial charge in [0.2, 0.25) is 5.89 Å². The Morgan fingerprint density at radius 1 is 1.06 bits per heavy atom. The van der Waals surface area contributed by atoms with Gasteiger partial charge in [-0.05, 0) is 36.8 Å². The highest BCUT2D eigenvalue weighted by Gasteiger charge is 2.14. The Balaban J connectivity index is 2.26. The van der Waals surface area contributed by atoms with E-state index in [1.807, 2.05) is 25.1 Å². The fraction of sp³-hybridized carbons (Fsp3) is 0.0714. The molecular weight excluding hydrogens is 269 g/mol. The number of benzene rings is 2. The van der Waals surface area contributed by atoms with Gasteiger partial charge in [0.25, 0.3) is 0 Å². The average molecular weight is 278 g/mol. The molecule has 0 fully saturated rings. The van der Waals surface area contributed by atoms with Gasteiger partial charge in [0, 0.05) is 0 Å². The third kappa shape index (κ3) is 1.88. The highest BCUT2D eigenvalue weighted by Crippen LogP contribution is 2.35. The average Bonchev–Trinajstić information content (AvgIpc) is 2.71. The number of halogens is 2. The number of fused-ring (bicyclic) bond motifs is 1. The molecule has 0 aliphatic carbocycles. The zero-order valence-corrected chi connectivity index (χ0v) is 11.1. The normalized spacial score (nSPS) is 11.1. The van der Waals surface area contributed by atoms with Crippen LogP contribution in [0.2, 0.25) is 10.0 Å². The van der Waals surface area contributed by atoms with Crippen LogP contribution in [0.5, 0.6) is 0 Å². The van der Waals surface area contributed by atoms with Crippen LogP contribution in [0.15, 0.2) is 40.8 Å². The second kappa shape index (κ2) is 4.30. The Hall–Kier alpha value is -1.51. The second-order valence-corrected chi connectivity index (χ2v) is 4.90. The first kappa shape index (κ1) is 11.6. The highest BCUT2D eigenvalue weighted by atomic mass is 35.5. The number of nitrogens with zero attached hydrogens (tertiary/aromatic N) is 1. The van der Waals surface area contributed by atoms with Crippen molar-refractivity contribution in [3.63, 3.8) is 0 Å². The van der Waals surface area contributed by atoms with Gasteiger partial charge in [0.15, 0.2) is 5.58 Å². The molecule has 3 rings (SSSR count). The fourth-order valence-electron chi connectivity index (χ4n) is 1.84. The topological polar surface area (TPSA) is 26.0 Å². The molecule has 90 valence electrons. The lowest BCUT2D eigenvalue weighted by Crippen LogP contribution is -1.80. The Morgan fingerprint density at radius 3 is 2.50 bits per heavy atom. The summed E-state index contributed by atoms with van der Waals surface area (Å²) in [6.07, 6.45) is 0. The minimum atomic E-state index is 0.450. The molecular formula is C14H9Cl2NO. The molecule has 0 amide bonds. The van der Waals surface area contributed by atoms with Crippen molar-refractivity contribution in [3.8, 4) is 11.5 Å². The number of aromatic nitrogens is 1. The highest BCUT2D eigenvalue weighted by molar-refractivity contribution is 6.38. The van der Waals surface area contributed by atoms with Gasteiger partial charge in [-0.15, -0.1) is 0 Å². The molecule has 0 bridgehead atoms. The lowest BCUT2D eigenvalue weighted by atomic mass is 10.2. The summed E-state index contributed by atoms with van der Waals surface area (Å²) in [5.74, 6) is 0.450. The predicted octanol–water partition coefficient (Wildman–Crippen LogP) is 5.11. The summed E-state index contributed by atoms with van der Waals surface area (Å²) in [6, 6.07) is 11.2. The third-order valence-electron chi connectivity index (χ3n) is 2.72. The zero-order chi connectivity index (χ0) is 12.7. The van der Waals surface area contributed by atoms with Crippen molar-refractivity contribution in [1.29, 1.82) is 0 Å². The van der Waals surface area contributed by atoms with Gasteiger partial charge >= 0.3 is 0 Å². The van der Waals surface area contributed by atoms with E-state index in [2.05, 4.69) is 4.98 Å².